The van der Waals surface area contributed by atoms with Gasteiger partial charge in [-0.15, -0.1) is 0 Å². The molecule has 1 heterocycles. The zero-order valence-electron chi connectivity index (χ0n) is 28.8. The summed E-state index contributed by atoms with van der Waals surface area (Å²) in [6.07, 6.45) is 0. The van der Waals surface area contributed by atoms with E-state index in [9.17, 15) is 0 Å². The molecule has 0 saturated carbocycles. The summed E-state index contributed by atoms with van der Waals surface area (Å²) >= 11 is 7.17. The summed E-state index contributed by atoms with van der Waals surface area (Å²) in [4.78, 5) is 6.77. The van der Waals surface area contributed by atoms with Gasteiger partial charge in [-0.3, -0.25) is 0 Å². The number of anilines is 9. The highest BCUT2D eigenvalue weighted by Crippen LogP contribution is 2.51. The summed E-state index contributed by atoms with van der Waals surface area (Å²) in [5.41, 5.74) is 10.3. The largest absolute Gasteiger partial charge is 0.452 e. The Morgan fingerprint density at radius 3 is 1.02 bits per heavy atom. The van der Waals surface area contributed by atoms with E-state index in [1.54, 1.807) is 0 Å². The molecule has 0 aliphatic rings. The first-order valence-electron chi connectivity index (χ1n) is 17.6. The molecule has 9 aromatic rings. The Hall–Kier alpha value is -6.75. The molecule has 0 fully saturated rings. The molecule has 0 saturated heterocycles. The zero-order valence-corrected chi connectivity index (χ0v) is 29.5. The first kappa shape index (κ1) is 32.2. The van der Waals surface area contributed by atoms with Crippen molar-refractivity contribution in [3.63, 3.8) is 0 Å². The molecule has 0 bridgehead atoms. The number of nitrogens with zero attached hydrogens (tertiary/aromatic N) is 3. The fraction of sp³-hybridized carbons (Fsp3) is 0. The van der Waals surface area contributed by atoms with Gasteiger partial charge in [-0.25, -0.2) is 0 Å². The number of halogens is 1. The summed E-state index contributed by atoms with van der Waals surface area (Å²) in [5.74, 6) is 0. The van der Waals surface area contributed by atoms with Gasteiger partial charge in [0.05, 0.1) is 22.4 Å². The summed E-state index contributed by atoms with van der Waals surface area (Å²) < 4.78 is 7.31. The van der Waals surface area contributed by atoms with Gasteiger partial charge in [-0.1, -0.05) is 121 Å². The van der Waals surface area contributed by atoms with Crippen molar-refractivity contribution in [3.8, 4) is 0 Å². The van der Waals surface area contributed by atoms with Crippen LogP contribution in [0.25, 0.3) is 21.9 Å². The Morgan fingerprint density at radius 2 is 0.642 bits per heavy atom. The van der Waals surface area contributed by atoms with Crippen LogP contribution in [0.2, 0.25) is 5.02 Å². The Kier molecular flexibility index (Phi) is 8.56. The lowest BCUT2D eigenvalue weighted by molar-refractivity contribution is 0.669. The molecule has 0 unspecified atom stereocenters. The molecule has 0 aliphatic heterocycles. The average Bonchev–Trinajstić information content (AvgIpc) is 3.61. The highest BCUT2D eigenvalue weighted by Gasteiger charge is 2.28. The number of hydrogen-bond donors (Lipinski definition) is 0. The highest BCUT2D eigenvalue weighted by atomic mass is 35.5. The molecule has 1 aromatic heterocycles. The van der Waals surface area contributed by atoms with Gasteiger partial charge in [0.25, 0.3) is 0 Å². The number of fused-ring (bicyclic) bond motifs is 3. The molecule has 0 amide bonds. The monoisotopic (exact) mass is 703 g/mol. The molecule has 4 nitrogen and oxygen atoms in total. The van der Waals surface area contributed by atoms with Crippen LogP contribution in [-0.4, -0.2) is 0 Å². The molecular formula is C48H34ClN3O. The third-order valence-corrected chi connectivity index (χ3v) is 9.65. The Morgan fingerprint density at radius 1 is 0.321 bits per heavy atom. The topological polar surface area (TPSA) is 22.9 Å². The first-order valence-corrected chi connectivity index (χ1v) is 18.0. The first-order chi connectivity index (χ1) is 26.2. The van der Waals surface area contributed by atoms with E-state index in [1.807, 2.05) is 48.5 Å². The van der Waals surface area contributed by atoms with Crippen molar-refractivity contribution in [2.45, 2.75) is 0 Å². The summed E-state index contributed by atoms with van der Waals surface area (Å²) in [6, 6.07) is 70.9. The van der Waals surface area contributed by atoms with Crippen LogP contribution in [0.15, 0.2) is 211 Å². The van der Waals surface area contributed by atoms with Crippen LogP contribution < -0.4 is 14.7 Å². The van der Waals surface area contributed by atoms with Gasteiger partial charge in [-0.2, -0.15) is 0 Å². The van der Waals surface area contributed by atoms with Crippen molar-refractivity contribution in [2.75, 3.05) is 14.7 Å². The van der Waals surface area contributed by atoms with Crippen LogP contribution in [0.5, 0.6) is 0 Å². The average molecular weight is 704 g/mol. The van der Waals surface area contributed by atoms with E-state index < -0.39 is 0 Å². The molecule has 254 valence electrons. The normalized spacial score (nSPS) is 11.1. The van der Waals surface area contributed by atoms with Crippen LogP contribution in [0, 0.1) is 0 Å². The van der Waals surface area contributed by atoms with Gasteiger partial charge in [0.2, 0.25) is 0 Å². The zero-order chi connectivity index (χ0) is 35.6. The van der Waals surface area contributed by atoms with Crippen molar-refractivity contribution in [1.29, 1.82) is 0 Å². The van der Waals surface area contributed by atoms with E-state index in [4.69, 9.17) is 16.0 Å². The molecule has 8 aromatic carbocycles. The van der Waals surface area contributed by atoms with Crippen LogP contribution in [-0.2, 0) is 0 Å². The molecule has 0 spiro atoms. The molecule has 53 heavy (non-hydrogen) atoms. The van der Waals surface area contributed by atoms with Gasteiger partial charge < -0.3 is 19.1 Å². The lowest BCUT2D eigenvalue weighted by Crippen LogP contribution is -2.12. The fourth-order valence-electron chi connectivity index (χ4n) is 7.17. The van der Waals surface area contributed by atoms with E-state index in [2.05, 4.69) is 172 Å². The maximum Gasteiger partial charge on any atom is 0.161 e. The Labute approximate surface area is 314 Å². The lowest BCUT2D eigenvalue weighted by atomic mass is 10.0. The van der Waals surface area contributed by atoms with Crippen LogP contribution in [0.3, 0.4) is 0 Å². The van der Waals surface area contributed by atoms with Crippen molar-refractivity contribution in [3.05, 3.63) is 211 Å². The maximum atomic E-state index is 7.31. The van der Waals surface area contributed by atoms with E-state index in [-0.39, 0.29) is 0 Å². The molecule has 5 heteroatoms. The second kappa shape index (κ2) is 14.1. The summed E-state index contributed by atoms with van der Waals surface area (Å²) in [7, 11) is 0. The Bertz CT molecular complexity index is 2500. The van der Waals surface area contributed by atoms with E-state index >= 15 is 0 Å². The third-order valence-electron chi connectivity index (χ3n) is 9.43. The number of hydrogen-bond acceptors (Lipinski definition) is 4. The van der Waals surface area contributed by atoms with E-state index in [0.717, 1.165) is 73.1 Å². The van der Waals surface area contributed by atoms with Gasteiger partial charge in [0.15, 0.2) is 11.2 Å². The number of benzene rings is 8. The minimum atomic E-state index is 0.609. The fourth-order valence-corrected chi connectivity index (χ4v) is 7.38. The van der Waals surface area contributed by atoms with Gasteiger partial charge >= 0.3 is 0 Å². The molecule has 0 aliphatic carbocycles. The minimum absolute atomic E-state index is 0.609. The molecule has 9 rings (SSSR count). The van der Waals surface area contributed by atoms with Crippen LogP contribution in [0.4, 0.5) is 51.2 Å². The minimum Gasteiger partial charge on any atom is -0.452 e. The molecule has 0 radical (unpaired) electrons. The molecule has 0 N–H and O–H groups in total. The van der Waals surface area contributed by atoms with Crippen LogP contribution >= 0.6 is 11.6 Å². The van der Waals surface area contributed by atoms with Crippen molar-refractivity contribution >= 4 is 84.7 Å². The molecule has 0 atom stereocenters. The van der Waals surface area contributed by atoms with Gasteiger partial charge in [0, 0.05) is 44.5 Å². The number of para-hydroxylation sites is 6. The van der Waals surface area contributed by atoms with E-state index in [0.29, 0.717) is 5.02 Å². The van der Waals surface area contributed by atoms with E-state index in [1.165, 1.54) is 0 Å². The third kappa shape index (κ3) is 6.05. The van der Waals surface area contributed by atoms with Crippen LogP contribution in [0.1, 0.15) is 0 Å². The van der Waals surface area contributed by atoms with Gasteiger partial charge in [0.1, 0.15) is 0 Å². The summed E-state index contributed by atoms with van der Waals surface area (Å²) in [5, 5.41) is 2.47. The quantitative estimate of drug-likeness (QED) is 0.149. The van der Waals surface area contributed by atoms with Crippen molar-refractivity contribution in [2.24, 2.45) is 0 Å². The van der Waals surface area contributed by atoms with Crippen molar-refractivity contribution in [1.82, 2.24) is 0 Å². The van der Waals surface area contributed by atoms with Gasteiger partial charge in [-0.05, 0) is 97.1 Å². The predicted octanol–water partition coefficient (Wildman–Crippen LogP) is 14.6. The highest BCUT2D eigenvalue weighted by molar-refractivity contribution is 6.33. The van der Waals surface area contributed by atoms with Crippen molar-refractivity contribution < 1.29 is 4.42 Å². The second-order valence-electron chi connectivity index (χ2n) is 12.7. The number of rotatable bonds is 9. The summed E-state index contributed by atoms with van der Waals surface area (Å²) in [6.45, 7) is 0. The number of furan rings is 1. The SMILES string of the molecule is Clc1cc(N(c2ccccc2)c2ccccc2)c2oc3c(N(c4ccccc4)c4ccccc4)ccc(N(c4ccccc4)c4ccccc4)c3c2c1. The lowest BCUT2D eigenvalue weighted by Gasteiger charge is -2.29. The molecular weight excluding hydrogens is 670 g/mol. The standard InChI is InChI=1S/C48H34ClN3O/c49-35-33-42-46-43(50(36-19-7-1-8-20-36)37-21-9-2-10-22-37)31-32-44(51(38-23-11-3-12-24-38)39-25-13-4-14-26-39)48(46)53-47(42)45(34-35)52(40-27-15-5-16-28-40)41-29-17-6-18-30-41/h1-34H. The smallest absolute Gasteiger partial charge is 0.161 e. The predicted molar refractivity (Wildman–Crippen MR) is 223 cm³/mol. The second-order valence-corrected chi connectivity index (χ2v) is 13.2. The Balaban J connectivity index is 1.41. The maximum absolute atomic E-state index is 7.31.